The van der Waals surface area contributed by atoms with Gasteiger partial charge < -0.3 is 4.74 Å². The molecule has 2 heteroatoms. The molecule has 0 radical (unpaired) electrons. The number of ether oxygens (including phenoxy) is 1. The molecule has 0 N–H and O–H groups in total. The minimum Gasteiger partial charge on any atom is -0.431 e. The molecule has 76 valence electrons. The van der Waals surface area contributed by atoms with Gasteiger partial charge in [-0.05, 0) is 18.4 Å². The third kappa shape index (κ3) is 6.38. The molecule has 0 spiro atoms. The molecular formula is C11H20O2. The van der Waals surface area contributed by atoms with Crippen molar-refractivity contribution in [3.05, 3.63) is 11.8 Å². The molecule has 0 amide bonds. The Bertz CT molecular complexity index is 190. The second-order valence-electron chi connectivity index (χ2n) is 3.98. The largest absolute Gasteiger partial charge is 0.431 e. The van der Waals surface area contributed by atoms with Crippen LogP contribution >= 0.6 is 0 Å². The van der Waals surface area contributed by atoms with Crippen molar-refractivity contribution in [3.63, 3.8) is 0 Å². The van der Waals surface area contributed by atoms with Gasteiger partial charge in [-0.3, -0.25) is 4.79 Å². The van der Waals surface area contributed by atoms with Gasteiger partial charge >= 0.3 is 5.97 Å². The van der Waals surface area contributed by atoms with E-state index in [0.717, 1.165) is 12.2 Å². The number of hydrogen-bond acceptors (Lipinski definition) is 2. The van der Waals surface area contributed by atoms with Gasteiger partial charge in [-0.25, -0.2) is 0 Å². The monoisotopic (exact) mass is 184 g/mol. The molecule has 0 bridgehead atoms. The van der Waals surface area contributed by atoms with Crippen LogP contribution in [0.15, 0.2) is 11.8 Å². The van der Waals surface area contributed by atoms with Gasteiger partial charge in [-0.2, -0.15) is 0 Å². The Balaban J connectivity index is 4.23. The zero-order valence-corrected chi connectivity index (χ0v) is 9.26. The van der Waals surface area contributed by atoms with Crippen molar-refractivity contribution in [1.29, 1.82) is 0 Å². The predicted molar refractivity (Wildman–Crippen MR) is 54.1 cm³/mol. The second-order valence-corrected chi connectivity index (χ2v) is 3.98. The minimum atomic E-state index is -0.233. The third-order valence-corrected chi connectivity index (χ3v) is 1.62. The summed E-state index contributed by atoms with van der Waals surface area (Å²) in [6.07, 6.45) is 2.97. The summed E-state index contributed by atoms with van der Waals surface area (Å²) in [7, 11) is 0. The molecule has 13 heavy (non-hydrogen) atoms. The van der Waals surface area contributed by atoms with Crippen LogP contribution in [0.2, 0.25) is 0 Å². The molecule has 0 aliphatic carbocycles. The van der Waals surface area contributed by atoms with Crippen LogP contribution in [-0.2, 0) is 9.53 Å². The van der Waals surface area contributed by atoms with Crippen LogP contribution in [0.1, 0.15) is 41.0 Å². The number of allylic oxidation sites excluding steroid dienone is 2. The van der Waals surface area contributed by atoms with Crippen LogP contribution in [0.25, 0.3) is 0 Å². The lowest BCUT2D eigenvalue weighted by molar-refractivity contribution is -0.137. The Kier molecular flexibility index (Phi) is 5.44. The number of rotatable bonds is 4. The molecule has 0 aliphatic heterocycles. The van der Waals surface area contributed by atoms with Crippen LogP contribution in [0.3, 0.4) is 0 Å². The molecule has 0 aromatic rings. The lowest BCUT2D eigenvalue weighted by Gasteiger charge is -2.11. The van der Waals surface area contributed by atoms with Crippen molar-refractivity contribution in [2.45, 2.75) is 41.0 Å². The smallest absolute Gasteiger partial charge is 0.307 e. The van der Waals surface area contributed by atoms with Crippen LogP contribution in [0, 0.1) is 11.8 Å². The van der Waals surface area contributed by atoms with Gasteiger partial charge in [0, 0.05) is 12.8 Å². The molecule has 0 aromatic heterocycles. The van der Waals surface area contributed by atoms with E-state index in [0.29, 0.717) is 5.92 Å². The van der Waals surface area contributed by atoms with E-state index < -0.39 is 0 Å². The van der Waals surface area contributed by atoms with Gasteiger partial charge in [0.15, 0.2) is 0 Å². The summed E-state index contributed by atoms with van der Waals surface area (Å²) in [4.78, 5) is 10.7. The predicted octanol–water partition coefficient (Wildman–Crippen LogP) is 3.14. The summed E-state index contributed by atoms with van der Waals surface area (Å²) in [6.45, 7) is 9.76. The molecule has 0 saturated heterocycles. The first-order chi connectivity index (χ1) is 5.93. The normalized spacial score (nSPS) is 12.4. The van der Waals surface area contributed by atoms with Crippen LogP contribution in [-0.4, -0.2) is 5.97 Å². The van der Waals surface area contributed by atoms with Gasteiger partial charge in [0.2, 0.25) is 0 Å². The number of hydrogen-bond donors (Lipinski definition) is 0. The Morgan fingerprint density at radius 1 is 1.31 bits per heavy atom. The van der Waals surface area contributed by atoms with Crippen LogP contribution in [0.5, 0.6) is 0 Å². The molecular weight excluding hydrogens is 164 g/mol. The summed E-state index contributed by atoms with van der Waals surface area (Å²) in [5.74, 6) is 1.44. The quantitative estimate of drug-likeness (QED) is 0.495. The second kappa shape index (κ2) is 5.79. The van der Waals surface area contributed by atoms with E-state index in [-0.39, 0.29) is 11.9 Å². The average Bonchev–Trinajstić information content (AvgIpc) is 1.96. The molecule has 0 heterocycles. The first-order valence-electron chi connectivity index (χ1n) is 4.82. The van der Waals surface area contributed by atoms with Gasteiger partial charge in [-0.1, -0.05) is 27.7 Å². The molecule has 0 saturated carbocycles. The molecule has 0 unspecified atom stereocenters. The Labute approximate surface area is 81.0 Å². The highest BCUT2D eigenvalue weighted by Crippen LogP contribution is 2.14. The zero-order chi connectivity index (χ0) is 10.4. The SMILES string of the molecule is CC(=O)OC(=CCC(C)C)C(C)C. The van der Waals surface area contributed by atoms with E-state index in [1.807, 2.05) is 19.9 Å². The van der Waals surface area contributed by atoms with Crippen molar-refractivity contribution in [3.8, 4) is 0 Å². The number of esters is 1. The number of carbonyl (C=O) groups is 1. The molecule has 2 nitrogen and oxygen atoms in total. The van der Waals surface area contributed by atoms with Gasteiger partial charge in [0.25, 0.3) is 0 Å². The molecule has 0 fully saturated rings. The van der Waals surface area contributed by atoms with Gasteiger partial charge in [0.05, 0.1) is 0 Å². The third-order valence-electron chi connectivity index (χ3n) is 1.62. The highest BCUT2D eigenvalue weighted by atomic mass is 16.5. The summed E-state index contributed by atoms with van der Waals surface area (Å²) in [5.41, 5.74) is 0. The van der Waals surface area contributed by atoms with Crippen molar-refractivity contribution in [2.75, 3.05) is 0 Å². The van der Waals surface area contributed by atoms with Crippen molar-refractivity contribution >= 4 is 5.97 Å². The fourth-order valence-electron chi connectivity index (χ4n) is 0.913. The number of carbonyl (C=O) groups excluding carboxylic acids is 1. The summed E-state index contributed by atoms with van der Waals surface area (Å²) < 4.78 is 5.08. The first kappa shape index (κ1) is 12.2. The molecule has 0 atom stereocenters. The maximum absolute atomic E-state index is 10.7. The summed E-state index contributed by atoms with van der Waals surface area (Å²) in [6, 6.07) is 0. The molecule has 0 rings (SSSR count). The zero-order valence-electron chi connectivity index (χ0n) is 9.26. The summed E-state index contributed by atoms with van der Waals surface area (Å²) in [5, 5.41) is 0. The Hall–Kier alpha value is -0.790. The van der Waals surface area contributed by atoms with Crippen molar-refractivity contribution in [1.82, 2.24) is 0 Å². The van der Waals surface area contributed by atoms with Crippen molar-refractivity contribution in [2.24, 2.45) is 11.8 Å². The lowest BCUT2D eigenvalue weighted by Crippen LogP contribution is -2.05. The fraction of sp³-hybridized carbons (Fsp3) is 0.727. The highest BCUT2D eigenvalue weighted by molar-refractivity contribution is 5.67. The van der Waals surface area contributed by atoms with Crippen LogP contribution < -0.4 is 0 Å². The van der Waals surface area contributed by atoms with Gasteiger partial charge in [0.1, 0.15) is 5.76 Å². The van der Waals surface area contributed by atoms with Gasteiger partial charge in [-0.15, -0.1) is 0 Å². The van der Waals surface area contributed by atoms with Crippen LogP contribution in [0.4, 0.5) is 0 Å². The Morgan fingerprint density at radius 2 is 1.85 bits per heavy atom. The maximum atomic E-state index is 10.7. The van der Waals surface area contributed by atoms with E-state index >= 15 is 0 Å². The Morgan fingerprint density at radius 3 is 2.15 bits per heavy atom. The van der Waals surface area contributed by atoms with E-state index in [9.17, 15) is 4.79 Å². The van der Waals surface area contributed by atoms with E-state index in [1.54, 1.807) is 0 Å². The van der Waals surface area contributed by atoms with E-state index in [2.05, 4.69) is 13.8 Å². The lowest BCUT2D eigenvalue weighted by atomic mass is 10.1. The topological polar surface area (TPSA) is 26.3 Å². The average molecular weight is 184 g/mol. The molecule has 0 aromatic carbocycles. The van der Waals surface area contributed by atoms with Crippen molar-refractivity contribution < 1.29 is 9.53 Å². The highest BCUT2D eigenvalue weighted by Gasteiger charge is 2.07. The standard InChI is InChI=1S/C11H20O2/c1-8(2)6-7-11(9(3)4)13-10(5)12/h7-9H,6H2,1-5H3. The summed E-state index contributed by atoms with van der Waals surface area (Å²) >= 11 is 0. The van der Waals surface area contributed by atoms with E-state index in [4.69, 9.17) is 4.74 Å². The first-order valence-corrected chi connectivity index (χ1v) is 4.82. The fourth-order valence-corrected chi connectivity index (χ4v) is 0.913. The molecule has 0 aliphatic rings. The minimum absolute atomic E-state index is 0.233. The maximum Gasteiger partial charge on any atom is 0.307 e. The van der Waals surface area contributed by atoms with E-state index in [1.165, 1.54) is 6.92 Å².